The van der Waals surface area contributed by atoms with Crippen LogP contribution >= 0.6 is 0 Å². The topological polar surface area (TPSA) is 31.9 Å². The van der Waals surface area contributed by atoms with Crippen molar-refractivity contribution < 1.29 is 0 Å². The Morgan fingerprint density at radius 2 is 2.00 bits per heavy atom. The van der Waals surface area contributed by atoms with Crippen LogP contribution in [0.3, 0.4) is 0 Å². The second kappa shape index (κ2) is 3.57. The largest absolute Gasteiger partial charge is 0.377 e. The van der Waals surface area contributed by atoms with Crippen LogP contribution in [0.2, 0.25) is 0 Å². The molecule has 2 aromatic rings. The van der Waals surface area contributed by atoms with E-state index in [-0.39, 0.29) is 0 Å². The summed E-state index contributed by atoms with van der Waals surface area (Å²) in [5, 5.41) is 8.30. The van der Waals surface area contributed by atoms with Crippen LogP contribution in [0.4, 0.5) is 5.69 Å². The third kappa shape index (κ3) is 1.58. The van der Waals surface area contributed by atoms with E-state index in [1.165, 1.54) is 16.6 Å². The second-order valence-electron chi connectivity index (χ2n) is 4.38. The third-order valence-electron chi connectivity index (χ3n) is 2.70. The lowest BCUT2D eigenvalue weighted by Gasteiger charge is -2.20. The van der Waals surface area contributed by atoms with E-state index in [0.29, 0.717) is 5.92 Å². The number of nitrogens with one attached hydrogen (secondary N) is 1. The number of fused-ring (bicyclic) bond motifs is 1. The molecule has 0 atom stereocenters. The van der Waals surface area contributed by atoms with Gasteiger partial charge in [0.2, 0.25) is 0 Å². The van der Waals surface area contributed by atoms with Crippen molar-refractivity contribution in [1.29, 1.82) is 0 Å². The van der Waals surface area contributed by atoms with Gasteiger partial charge in [-0.05, 0) is 17.5 Å². The fourth-order valence-electron chi connectivity index (χ4n) is 1.98. The summed E-state index contributed by atoms with van der Waals surface area (Å²) in [5.74, 6) is 0.529. The third-order valence-corrected chi connectivity index (χ3v) is 2.70. The minimum atomic E-state index is 0.529. The molecule has 3 nitrogen and oxygen atoms in total. The predicted octanol–water partition coefficient (Wildman–Crippen LogP) is 2.75. The fraction of sp³-hybridized carbons (Fsp3) is 0.417. The first-order valence-corrected chi connectivity index (χ1v) is 5.24. The highest BCUT2D eigenvalue weighted by atomic mass is 15.1. The van der Waals surface area contributed by atoms with Crippen molar-refractivity contribution in [3.8, 4) is 0 Å². The molecule has 80 valence electrons. The smallest absolute Gasteiger partial charge is 0.0671 e. The molecule has 0 radical (unpaired) electrons. The summed E-state index contributed by atoms with van der Waals surface area (Å²) < 4.78 is 0. The van der Waals surface area contributed by atoms with Gasteiger partial charge in [-0.15, -0.1) is 0 Å². The minimum absolute atomic E-state index is 0.529. The number of aromatic amines is 1. The Balaban J connectivity index is 2.75. The molecule has 0 unspecified atom stereocenters. The molecule has 0 saturated heterocycles. The summed E-state index contributed by atoms with van der Waals surface area (Å²) in [6.45, 7) is 4.43. The molecule has 0 aliphatic carbocycles. The molecule has 0 amide bonds. The van der Waals surface area contributed by atoms with Gasteiger partial charge >= 0.3 is 0 Å². The van der Waals surface area contributed by atoms with Crippen molar-refractivity contribution in [2.24, 2.45) is 0 Å². The molecular weight excluding hydrogens is 186 g/mol. The molecule has 0 saturated carbocycles. The summed E-state index contributed by atoms with van der Waals surface area (Å²) in [5.41, 5.74) is 3.74. The number of hydrogen-bond donors (Lipinski definition) is 1. The van der Waals surface area contributed by atoms with E-state index in [4.69, 9.17) is 0 Å². The quantitative estimate of drug-likeness (QED) is 0.813. The van der Waals surface area contributed by atoms with Crippen LogP contribution in [0.15, 0.2) is 18.3 Å². The molecule has 15 heavy (non-hydrogen) atoms. The van der Waals surface area contributed by atoms with Gasteiger partial charge in [-0.2, -0.15) is 5.10 Å². The van der Waals surface area contributed by atoms with Gasteiger partial charge < -0.3 is 4.90 Å². The van der Waals surface area contributed by atoms with Gasteiger partial charge in [0.25, 0.3) is 0 Å². The van der Waals surface area contributed by atoms with Gasteiger partial charge in [0, 0.05) is 19.5 Å². The van der Waals surface area contributed by atoms with Crippen LogP contribution in [0.1, 0.15) is 25.3 Å². The number of benzene rings is 1. The van der Waals surface area contributed by atoms with Crippen molar-refractivity contribution in [2.45, 2.75) is 19.8 Å². The average molecular weight is 203 g/mol. The van der Waals surface area contributed by atoms with E-state index >= 15 is 0 Å². The number of hydrogen-bond acceptors (Lipinski definition) is 2. The molecule has 1 aromatic heterocycles. The van der Waals surface area contributed by atoms with Crippen LogP contribution in [0.5, 0.6) is 0 Å². The summed E-state index contributed by atoms with van der Waals surface area (Å²) in [7, 11) is 4.15. The van der Waals surface area contributed by atoms with Gasteiger partial charge in [0.05, 0.1) is 17.4 Å². The van der Waals surface area contributed by atoms with Crippen LogP contribution in [-0.4, -0.2) is 24.3 Å². The molecule has 0 fully saturated rings. The van der Waals surface area contributed by atoms with Crippen molar-refractivity contribution in [2.75, 3.05) is 19.0 Å². The monoisotopic (exact) mass is 203 g/mol. The number of H-pyrrole nitrogens is 1. The first kappa shape index (κ1) is 10.0. The van der Waals surface area contributed by atoms with Crippen molar-refractivity contribution in [3.63, 3.8) is 0 Å². The zero-order valence-electron chi connectivity index (χ0n) is 9.70. The van der Waals surface area contributed by atoms with E-state index in [2.05, 4.69) is 55.2 Å². The van der Waals surface area contributed by atoms with E-state index in [1.54, 1.807) is 0 Å². The van der Waals surface area contributed by atoms with Crippen molar-refractivity contribution in [3.05, 3.63) is 23.9 Å². The molecule has 1 heterocycles. The number of nitrogens with zero attached hydrogens (tertiary/aromatic N) is 2. The van der Waals surface area contributed by atoms with Crippen LogP contribution in [0.25, 0.3) is 10.9 Å². The van der Waals surface area contributed by atoms with Crippen LogP contribution in [0, 0.1) is 0 Å². The van der Waals surface area contributed by atoms with Crippen molar-refractivity contribution >= 4 is 16.6 Å². The molecular formula is C12H17N3. The minimum Gasteiger partial charge on any atom is -0.377 e. The lowest BCUT2D eigenvalue weighted by molar-refractivity contribution is 0.861. The summed E-state index contributed by atoms with van der Waals surface area (Å²) >= 11 is 0. The molecule has 1 N–H and O–H groups in total. The number of rotatable bonds is 2. The zero-order chi connectivity index (χ0) is 11.0. The average Bonchev–Trinajstić information content (AvgIpc) is 2.62. The van der Waals surface area contributed by atoms with Gasteiger partial charge in [-0.1, -0.05) is 19.9 Å². The highest BCUT2D eigenvalue weighted by Crippen LogP contribution is 2.32. The highest BCUT2D eigenvalue weighted by molar-refractivity contribution is 5.93. The summed E-state index contributed by atoms with van der Waals surface area (Å²) in [6.07, 6.45) is 1.90. The molecule has 3 heteroatoms. The standard InChI is InChI=1S/C12H17N3/c1-8(2)9-5-6-11-10(7-13-14-11)12(9)15(3)4/h5-8H,1-4H3,(H,13,14). The Morgan fingerprint density at radius 3 is 2.60 bits per heavy atom. The fourth-order valence-corrected chi connectivity index (χ4v) is 1.98. The second-order valence-corrected chi connectivity index (χ2v) is 4.38. The van der Waals surface area contributed by atoms with E-state index < -0.39 is 0 Å². The maximum Gasteiger partial charge on any atom is 0.0671 e. The number of anilines is 1. The summed E-state index contributed by atoms with van der Waals surface area (Å²) in [4.78, 5) is 2.16. The van der Waals surface area contributed by atoms with Gasteiger partial charge in [-0.3, -0.25) is 5.10 Å². The Kier molecular flexibility index (Phi) is 2.39. The molecule has 0 spiro atoms. The normalized spacial score (nSPS) is 11.3. The molecule has 1 aromatic carbocycles. The molecule has 0 bridgehead atoms. The van der Waals surface area contributed by atoms with E-state index in [9.17, 15) is 0 Å². The SMILES string of the molecule is CC(C)c1ccc2[nH]ncc2c1N(C)C. The maximum absolute atomic E-state index is 4.09. The van der Waals surface area contributed by atoms with Crippen LogP contribution in [-0.2, 0) is 0 Å². The molecule has 2 rings (SSSR count). The lowest BCUT2D eigenvalue weighted by Crippen LogP contribution is -2.12. The van der Waals surface area contributed by atoms with Gasteiger partial charge in [0.15, 0.2) is 0 Å². The maximum atomic E-state index is 4.09. The Morgan fingerprint density at radius 1 is 1.27 bits per heavy atom. The first-order chi connectivity index (χ1) is 7.11. The van der Waals surface area contributed by atoms with Crippen LogP contribution < -0.4 is 4.90 Å². The Labute approximate surface area is 90.1 Å². The van der Waals surface area contributed by atoms with Crippen molar-refractivity contribution in [1.82, 2.24) is 10.2 Å². The van der Waals surface area contributed by atoms with Gasteiger partial charge in [0.1, 0.15) is 0 Å². The Bertz CT molecular complexity index is 469. The molecule has 0 aliphatic heterocycles. The predicted molar refractivity (Wildman–Crippen MR) is 64.5 cm³/mol. The van der Waals surface area contributed by atoms with E-state index in [0.717, 1.165) is 5.52 Å². The highest BCUT2D eigenvalue weighted by Gasteiger charge is 2.12. The lowest BCUT2D eigenvalue weighted by atomic mass is 9.98. The number of aromatic nitrogens is 2. The first-order valence-electron chi connectivity index (χ1n) is 5.24. The summed E-state index contributed by atoms with van der Waals surface area (Å²) in [6, 6.07) is 4.28. The Hall–Kier alpha value is -1.51. The van der Waals surface area contributed by atoms with Gasteiger partial charge in [-0.25, -0.2) is 0 Å². The van der Waals surface area contributed by atoms with E-state index in [1.807, 2.05) is 6.20 Å². The molecule has 0 aliphatic rings. The zero-order valence-corrected chi connectivity index (χ0v) is 9.70.